The summed E-state index contributed by atoms with van der Waals surface area (Å²) in [5, 5.41) is 1.24. The first-order valence-corrected chi connectivity index (χ1v) is 9.12. The van der Waals surface area contributed by atoms with E-state index in [1.165, 1.54) is 10.9 Å². The van der Waals surface area contributed by atoms with Gasteiger partial charge in [-0.05, 0) is 55.9 Å². The smallest absolute Gasteiger partial charge is 0.272 e. The molecule has 1 amide bonds. The predicted molar refractivity (Wildman–Crippen MR) is 101 cm³/mol. The Hall–Kier alpha value is -2.82. The number of amides is 1. The topological polar surface area (TPSA) is 59.0 Å². The van der Waals surface area contributed by atoms with Crippen LogP contribution in [-0.2, 0) is 6.42 Å². The highest BCUT2D eigenvalue weighted by molar-refractivity contribution is 5.92. The molecule has 0 saturated carbocycles. The lowest BCUT2D eigenvalue weighted by Crippen LogP contribution is -2.39. The molecule has 0 aliphatic carbocycles. The molecule has 1 aliphatic heterocycles. The summed E-state index contributed by atoms with van der Waals surface area (Å²) in [6.45, 7) is 3.38. The largest absolute Gasteiger partial charge is 0.337 e. The molecule has 2 aromatic heterocycles. The average molecular weight is 346 g/mol. The number of fused-ring (bicyclic) bond motifs is 1. The van der Waals surface area contributed by atoms with Crippen LogP contribution in [-0.4, -0.2) is 38.8 Å². The van der Waals surface area contributed by atoms with Crippen LogP contribution in [0.25, 0.3) is 10.9 Å². The first-order chi connectivity index (χ1) is 12.7. The molecule has 1 saturated heterocycles. The molecule has 0 N–H and O–H groups in total. The first kappa shape index (κ1) is 16.6. The van der Waals surface area contributed by atoms with Crippen molar-refractivity contribution in [1.29, 1.82) is 0 Å². The van der Waals surface area contributed by atoms with Gasteiger partial charge < -0.3 is 4.90 Å². The molecule has 0 radical (unpaired) electrons. The summed E-state index contributed by atoms with van der Waals surface area (Å²) >= 11 is 0. The minimum Gasteiger partial charge on any atom is -0.337 e. The van der Waals surface area contributed by atoms with Crippen LogP contribution in [0.2, 0.25) is 0 Å². The van der Waals surface area contributed by atoms with Crippen LogP contribution in [0.15, 0.2) is 48.8 Å². The number of carbonyl (C=O) groups is 1. The number of benzene rings is 1. The molecule has 0 spiro atoms. The standard InChI is InChI=1S/C21H22N4O/c1-15-22-11-7-20(24-15)21(26)25-12-8-16(9-13-25)14-17-4-2-6-19-18(17)5-3-10-23-19/h2-7,10-11,16H,8-9,12-14H2,1H3. The Morgan fingerprint density at radius 2 is 1.92 bits per heavy atom. The van der Waals surface area contributed by atoms with Crippen molar-refractivity contribution >= 4 is 16.8 Å². The van der Waals surface area contributed by atoms with Gasteiger partial charge >= 0.3 is 0 Å². The molecule has 1 fully saturated rings. The van der Waals surface area contributed by atoms with Crippen molar-refractivity contribution < 1.29 is 4.79 Å². The van der Waals surface area contributed by atoms with Crippen LogP contribution in [0.3, 0.4) is 0 Å². The molecule has 3 heterocycles. The number of piperidine rings is 1. The molecule has 0 unspecified atom stereocenters. The van der Waals surface area contributed by atoms with Gasteiger partial charge in [-0.3, -0.25) is 9.78 Å². The highest BCUT2D eigenvalue weighted by Crippen LogP contribution is 2.26. The third-order valence-corrected chi connectivity index (χ3v) is 5.14. The van der Waals surface area contributed by atoms with Crippen molar-refractivity contribution in [2.24, 2.45) is 5.92 Å². The molecule has 132 valence electrons. The molecule has 26 heavy (non-hydrogen) atoms. The first-order valence-electron chi connectivity index (χ1n) is 9.12. The Morgan fingerprint density at radius 3 is 2.73 bits per heavy atom. The highest BCUT2D eigenvalue weighted by atomic mass is 16.2. The van der Waals surface area contributed by atoms with Gasteiger partial charge in [0.15, 0.2) is 0 Å². The molecule has 1 aliphatic rings. The number of rotatable bonds is 3. The van der Waals surface area contributed by atoms with E-state index in [-0.39, 0.29) is 5.91 Å². The van der Waals surface area contributed by atoms with Crippen LogP contribution >= 0.6 is 0 Å². The molecule has 5 heteroatoms. The van der Waals surface area contributed by atoms with Crippen molar-refractivity contribution in [3.05, 3.63) is 65.9 Å². The molecule has 4 rings (SSSR count). The fourth-order valence-corrected chi connectivity index (χ4v) is 3.73. The predicted octanol–water partition coefficient (Wildman–Crippen LogP) is 3.43. The van der Waals surface area contributed by atoms with Gasteiger partial charge in [0, 0.05) is 30.9 Å². The maximum Gasteiger partial charge on any atom is 0.272 e. The van der Waals surface area contributed by atoms with E-state index < -0.39 is 0 Å². The summed E-state index contributed by atoms with van der Waals surface area (Å²) in [5.41, 5.74) is 2.90. The molecule has 3 aromatic rings. The Morgan fingerprint density at radius 1 is 1.08 bits per heavy atom. The van der Waals surface area contributed by atoms with E-state index in [1.54, 1.807) is 12.3 Å². The minimum absolute atomic E-state index is 0.0170. The average Bonchev–Trinajstić information content (AvgIpc) is 2.68. The number of pyridine rings is 1. The second-order valence-electron chi connectivity index (χ2n) is 6.92. The number of hydrogen-bond donors (Lipinski definition) is 0. The zero-order valence-corrected chi connectivity index (χ0v) is 14.9. The number of nitrogens with zero attached hydrogens (tertiary/aromatic N) is 4. The van der Waals surface area contributed by atoms with E-state index in [1.807, 2.05) is 24.1 Å². The number of likely N-dealkylation sites (tertiary alicyclic amines) is 1. The van der Waals surface area contributed by atoms with Crippen LogP contribution in [0.4, 0.5) is 0 Å². The Balaban J connectivity index is 1.41. The summed E-state index contributed by atoms with van der Waals surface area (Å²) < 4.78 is 0. The fraction of sp³-hybridized carbons (Fsp3) is 0.333. The van der Waals surface area contributed by atoms with E-state index in [0.717, 1.165) is 37.9 Å². The number of hydrogen-bond acceptors (Lipinski definition) is 4. The molecule has 5 nitrogen and oxygen atoms in total. The molecule has 0 bridgehead atoms. The van der Waals surface area contributed by atoms with E-state index in [4.69, 9.17) is 0 Å². The number of carbonyl (C=O) groups excluding carboxylic acids is 1. The normalized spacial score (nSPS) is 15.3. The van der Waals surface area contributed by atoms with E-state index in [0.29, 0.717) is 17.4 Å². The van der Waals surface area contributed by atoms with Crippen molar-refractivity contribution in [1.82, 2.24) is 19.9 Å². The highest BCUT2D eigenvalue weighted by Gasteiger charge is 2.25. The monoisotopic (exact) mass is 346 g/mol. The van der Waals surface area contributed by atoms with Gasteiger partial charge in [0.25, 0.3) is 5.91 Å². The molecular weight excluding hydrogens is 324 g/mol. The quantitative estimate of drug-likeness (QED) is 0.729. The maximum atomic E-state index is 12.6. The second-order valence-corrected chi connectivity index (χ2v) is 6.92. The summed E-state index contributed by atoms with van der Waals surface area (Å²) in [5.74, 6) is 1.25. The van der Waals surface area contributed by atoms with E-state index in [9.17, 15) is 4.79 Å². The lowest BCUT2D eigenvalue weighted by molar-refractivity contribution is 0.0684. The Bertz CT molecular complexity index is 927. The van der Waals surface area contributed by atoms with E-state index in [2.05, 4.69) is 39.2 Å². The summed E-state index contributed by atoms with van der Waals surface area (Å²) in [6, 6.07) is 12.2. The van der Waals surface area contributed by atoms with Gasteiger partial charge in [-0.25, -0.2) is 9.97 Å². The van der Waals surface area contributed by atoms with Crippen molar-refractivity contribution in [3.8, 4) is 0 Å². The summed E-state index contributed by atoms with van der Waals surface area (Å²) in [6.07, 6.45) is 6.57. The van der Waals surface area contributed by atoms with Crippen molar-refractivity contribution in [3.63, 3.8) is 0 Å². The van der Waals surface area contributed by atoms with Crippen molar-refractivity contribution in [2.75, 3.05) is 13.1 Å². The third kappa shape index (κ3) is 3.43. The van der Waals surface area contributed by atoms with Gasteiger partial charge in [-0.1, -0.05) is 18.2 Å². The summed E-state index contributed by atoms with van der Waals surface area (Å²) in [7, 11) is 0. The van der Waals surface area contributed by atoms with Gasteiger partial charge in [-0.15, -0.1) is 0 Å². The fourth-order valence-electron chi connectivity index (χ4n) is 3.73. The second kappa shape index (κ2) is 7.20. The molecule has 0 atom stereocenters. The molecule has 1 aromatic carbocycles. The zero-order valence-electron chi connectivity index (χ0n) is 14.9. The maximum absolute atomic E-state index is 12.6. The Kier molecular flexibility index (Phi) is 4.61. The Labute approximate surface area is 153 Å². The van der Waals surface area contributed by atoms with E-state index >= 15 is 0 Å². The van der Waals surface area contributed by atoms with Crippen LogP contribution in [0.1, 0.15) is 34.7 Å². The third-order valence-electron chi connectivity index (χ3n) is 5.14. The lowest BCUT2D eigenvalue weighted by atomic mass is 9.88. The summed E-state index contributed by atoms with van der Waals surface area (Å²) in [4.78, 5) is 27.3. The minimum atomic E-state index is 0.0170. The SMILES string of the molecule is Cc1nccc(C(=O)N2CCC(Cc3cccc4ncccc34)CC2)n1. The van der Waals surface area contributed by atoms with Crippen LogP contribution in [0.5, 0.6) is 0 Å². The zero-order chi connectivity index (χ0) is 17.9. The number of aromatic nitrogens is 3. The molecular formula is C21H22N4O. The van der Waals surface area contributed by atoms with Crippen LogP contribution in [0, 0.1) is 12.8 Å². The van der Waals surface area contributed by atoms with Gasteiger partial charge in [-0.2, -0.15) is 0 Å². The van der Waals surface area contributed by atoms with Gasteiger partial charge in [0.05, 0.1) is 5.52 Å². The van der Waals surface area contributed by atoms with Crippen LogP contribution < -0.4 is 0 Å². The van der Waals surface area contributed by atoms with Gasteiger partial charge in [0.2, 0.25) is 0 Å². The van der Waals surface area contributed by atoms with Crippen molar-refractivity contribution in [2.45, 2.75) is 26.2 Å². The van der Waals surface area contributed by atoms with Gasteiger partial charge in [0.1, 0.15) is 11.5 Å². The number of aryl methyl sites for hydroxylation is 1. The lowest BCUT2D eigenvalue weighted by Gasteiger charge is -2.32.